The van der Waals surface area contributed by atoms with Crippen molar-refractivity contribution in [2.75, 3.05) is 0 Å². The zero-order valence-electron chi connectivity index (χ0n) is 10.2. The molecule has 1 aromatic heterocycles. The highest BCUT2D eigenvalue weighted by atomic mass is 16.4. The van der Waals surface area contributed by atoms with E-state index in [0.717, 1.165) is 22.0 Å². The van der Waals surface area contributed by atoms with Gasteiger partial charge in [-0.3, -0.25) is 4.79 Å². The number of nitrogens with one attached hydrogen (secondary N) is 1. The molecule has 0 saturated carbocycles. The van der Waals surface area contributed by atoms with Gasteiger partial charge in [0.1, 0.15) is 6.04 Å². The van der Waals surface area contributed by atoms with Gasteiger partial charge in [-0.05, 0) is 30.2 Å². The van der Waals surface area contributed by atoms with E-state index in [1.165, 1.54) is 0 Å². The summed E-state index contributed by atoms with van der Waals surface area (Å²) in [6.07, 6.45) is 2.11. The van der Waals surface area contributed by atoms with E-state index < -0.39 is 12.0 Å². The van der Waals surface area contributed by atoms with Gasteiger partial charge in [0.2, 0.25) is 0 Å². The average Bonchev–Trinajstić information content (AvgIpc) is 2.71. The molecule has 0 aliphatic heterocycles. The molecule has 0 fully saturated rings. The molecule has 5 nitrogen and oxygen atoms in total. The summed E-state index contributed by atoms with van der Waals surface area (Å²) in [6.45, 7) is 1.91. The lowest BCUT2D eigenvalue weighted by molar-refractivity contribution is -0.138. The largest absolute Gasteiger partial charge is 0.480 e. The summed E-state index contributed by atoms with van der Waals surface area (Å²) in [6, 6.07) is 4.96. The van der Waals surface area contributed by atoms with Gasteiger partial charge in [-0.15, -0.1) is 0 Å². The van der Waals surface area contributed by atoms with E-state index >= 15 is 0 Å². The number of aromatic amines is 1. The van der Waals surface area contributed by atoms with Crippen LogP contribution < -0.4 is 11.5 Å². The summed E-state index contributed by atoms with van der Waals surface area (Å²) < 4.78 is 0. The molecule has 18 heavy (non-hydrogen) atoms. The van der Waals surface area contributed by atoms with Gasteiger partial charge in [-0.1, -0.05) is 6.07 Å². The fourth-order valence-corrected chi connectivity index (χ4v) is 1.97. The highest BCUT2D eigenvalue weighted by molar-refractivity contribution is 5.85. The van der Waals surface area contributed by atoms with Crippen molar-refractivity contribution in [2.24, 2.45) is 11.5 Å². The van der Waals surface area contributed by atoms with Crippen LogP contribution in [0.2, 0.25) is 0 Å². The monoisotopic (exact) mass is 247 g/mol. The lowest BCUT2D eigenvalue weighted by atomic mass is 10.0. The fraction of sp³-hybridized carbons (Fsp3) is 0.308. The third-order valence-corrected chi connectivity index (χ3v) is 3.07. The molecule has 0 saturated heterocycles. The smallest absolute Gasteiger partial charge is 0.320 e. The summed E-state index contributed by atoms with van der Waals surface area (Å²) in [5.41, 5.74) is 14.3. The van der Waals surface area contributed by atoms with Gasteiger partial charge < -0.3 is 21.6 Å². The molecule has 2 unspecified atom stereocenters. The Bertz CT molecular complexity index is 575. The van der Waals surface area contributed by atoms with Gasteiger partial charge in [0.05, 0.1) is 0 Å². The minimum atomic E-state index is -0.993. The van der Waals surface area contributed by atoms with Crippen LogP contribution in [0.4, 0.5) is 0 Å². The second-order valence-corrected chi connectivity index (χ2v) is 4.56. The predicted molar refractivity (Wildman–Crippen MR) is 70.2 cm³/mol. The highest BCUT2D eigenvalue weighted by Crippen LogP contribution is 2.23. The third-order valence-electron chi connectivity index (χ3n) is 3.07. The molecule has 2 rings (SSSR count). The second-order valence-electron chi connectivity index (χ2n) is 4.56. The maximum absolute atomic E-state index is 10.8. The Hall–Kier alpha value is -1.85. The van der Waals surface area contributed by atoms with Crippen molar-refractivity contribution >= 4 is 16.9 Å². The first-order valence-corrected chi connectivity index (χ1v) is 5.83. The molecular formula is C13H17N3O2. The van der Waals surface area contributed by atoms with Crippen LogP contribution in [0.1, 0.15) is 24.1 Å². The average molecular weight is 247 g/mol. The van der Waals surface area contributed by atoms with E-state index in [2.05, 4.69) is 4.98 Å². The van der Waals surface area contributed by atoms with Gasteiger partial charge in [-0.2, -0.15) is 0 Å². The molecule has 2 aromatic rings. The zero-order chi connectivity index (χ0) is 13.3. The summed E-state index contributed by atoms with van der Waals surface area (Å²) in [5, 5.41) is 9.83. The molecule has 5 heteroatoms. The van der Waals surface area contributed by atoms with Crippen LogP contribution in [0.25, 0.3) is 10.9 Å². The molecule has 0 radical (unpaired) electrons. The number of hydrogen-bond donors (Lipinski definition) is 4. The molecule has 1 heterocycles. The SMILES string of the molecule is CC(N)c1ccc2[nH]cc(CC(N)C(=O)O)c2c1. The summed E-state index contributed by atoms with van der Waals surface area (Å²) in [5.74, 6) is -0.993. The van der Waals surface area contributed by atoms with Crippen LogP contribution in [0.15, 0.2) is 24.4 Å². The van der Waals surface area contributed by atoms with Crippen molar-refractivity contribution in [3.63, 3.8) is 0 Å². The quantitative estimate of drug-likeness (QED) is 0.650. The maximum Gasteiger partial charge on any atom is 0.320 e. The Morgan fingerprint density at radius 2 is 2.17 bits per heavy atom. The van der Waals surface area contributed by atoms with E-state index in [4.69, 9.17) is 16.6 Å². The van der Waals surface area contributed by atoms with Crippen molar-refractivity contribution < 1.29 is 9.90 Å². The molecule has 0 amide bonds. The molecule has 6 N–H and O–H groups in total. The van der Waals surface area contributed by atoms with Crippen LogP contribution in [0.5, 0.6) is 0 Å². The van der Waals surface area contributed by atoms with Crippen LogP contribution in [-0.4, -0.2) is 22.1 Å². The van der Waals surface area contributed by atoms with Crippen molar-refractivity contribution in [1.82, 2.24) is 4.98 Å². The van der Waals surface area contributed by atoms with E-state index in [1.54, 1.807) is 6.20 Å². The highest BCUT2D eigenvalue weighted by Gasteiger charge is 2.15. The molecule has 0 spiro atoms. The maximum atomic E-state index is 10.8. The van der Waals surface area contributed by atoms with Crippen molar-refractivity contribution in [3.8, 4) is 0 Å². The number of carbonyl (C=O) groups is 1. The molecular weight excluding hydrogens is 230 g/mol. The Labute approximate surface area is 105 Å². The topological polar surface area (TPSA) is 105 Å². The van der Waals surface area contributed by atoms with Crippen LogP contribution in [-0.2, 0) is 11.2 Å². The first-order chi connectivity index (χ1) is 8.49. The molecule has 0 aliphatic rings. The van der Waals surface area contributed by atoms with Crippen LogP contribution >= 0.6 is 0 Å². The van der Waals surface area contributed by atoms with Gasteiger partial charge in [0, 0.05) is 29.6 Å². The number of benzene rings is 1. The standard InChI is InChI=1S/C13H17N3O2/c1-7(14)8-2-3-12-10(4-8)9(6-16-12)5-11(15)13(17)18/h2-4,6-7,11,16H,5,14-15H2,1H3,(H,17,18). The normalized spacial score (nSPS) is 14.6. The molecule has 1 aromatic carbocycles. The summed E-state index contributed by atoms with van der Waals surface area (Å²) in [4.78, 5) is 13.9. The van der Waals surface area contributed by atoms with E-state index in [1.807, 2.05) is 25.1 Å². The number of carboxylic acid groups (broad SMARTS) is 1. The van der Waals surface area contributed by atoms with Gasteiger partial charge in [0.25, 0.3) is 0 Å². The number of aromatic nitrogens is 1. The Kier molecular flexibility index (Phi) is 3.36. The first-order valence-electron chi connectivity index (χ1n) is 5.83. The Balaban J connectivity index is 2.39. The van der Waals surface area contributed by atoms with Crippen LogP contribution in [0.3, 0.4) is 0 Å². The molecule has 0 bridgehead atoms. The number of aliphatic carboxylic acids is 1. The number of rotatable bonds is 4. The lowest BCUT2D eigenvalue weighted by Gasteiger charge is -2.08. The lowest BCUT2D eigenvalue weighted by Crippen LogP contribution is -2.32. The number of carboxylic acids is 1. The molecule has 0 aliphatic carbocycles. The molecule has 2 atom stereocenters. The first kappa shape index (κ1) is 12.6. The molecule has 96 valence electrons. The van der Waals surface area contributed by atoms with Gasteiger partial charge in [-0.25, -0.2) is 0 Å². The van der Waals surface area contributed by atoms with E-state index in [0.29, 0.717) is 6.42 Å². The Morgan fingerprint density at radius 3 is 2.78 bits per heavy atom. The minimum absolute atomic E-state index is 0.0507. The second kappa shape index (κ2) is 4.80. The van der Waals surface area contributed by atoms with Crippen molar-refractivity contribution in [3.05, 3.63) is 35.5 Å². The third kappa shape index (κ3) is 2.37. The van der Waals surface area contributed by atoms with Gasteiger partial charge in [0.15, 0.2) is 0 Å². The zero-order valence-corrected chi connectivity index (χ0v) is 10.2. The van der Waals surface area contributed by atoms with E-state index in [9.17, 15) is 4.79 Å². The minimum Gasteiger partial charge on any atom is -0.480 e. The van der Waals surface area contributed by atoms with Crippen molar-refractivity contribution in [2.45, 2.75) is 25.4 Å². The predicted octanol–water partition coefficient (Wildman–Crippen LogP) is 1.14. The Morgan fingerprint density at radius 1 is 1.44 bits per heavy atom. The number of H-pyrrole nitrogens is 1. The number of hydrogen-bond acceptors (Lipinski definition) is 3. The van der Waals surface area contributed by atoms with Gasteiger partial charge >= 0.3 is 5.97 Å². The summed E-state index contributed by atoms with van der Waals surface area (Å²) >= 11 is 0. The van der Waals surface area contributed by atoms with E-state index in [-0.39, 0.29) is 6.04 Å². The summed E-state index contributed by atoms with van der Waals surface area (Å²) in [7, 11) is 0. The van der Waals surface area contributed by atoms with Crippen molar-refractivity contribution in [1.29, 1.82) is 0 Å². The number of nitrogens with two attached hydrogens (primary N) is 2. The fourth-order valence-electron chi connectivity index (χ4n) is 1.97. The van der Waals surface area contributed by atoms with Crippen LogP contribution in [0, 0.1) is 0 Å². The number of fused-ring (bicyclic) bond motifs is 1.